The van der Waals surface area contributed by atoms with Gasteiger partial charge in [-0.25, -0.2) is 0 Å². The second kappa shape index (κ2) is 41.3. The first-order valence-electron chi connectivity index (χ1n) is 38.7. The largest absolute Gasteiger partial charge is 0.452 e. The van der Waals surface area contributed by atoms with Crippen LogP contribution < -0.4 is 33.2 Å². The Hall–Kier alpha value is -12.9. The van der Waals surface area contributed by atoms with Gasteiger partial charge in [-0.3, -0.25) is 33.6 Å². The van der Waals surface area contributed by atoms with Crippen molar-refractivity contribution >= 4 is 202 Å². The van der Waals surface area contributed by atoms with Crippen molar-refractivity contribution in [2.75, 3.05) is 0 Å². The number of halogens is 7. The van der Waals surface area contributed by atoms with Gasteiger partial charge in [0, 0.05) is 30.3 Å². The Morgan fingerprint density at radius 1 is 0.222 bits per heavy atom. The first-order valence-corrected chi connectivity index (χ1v) is 43.9. The van der Waals surface area contributed by atoms with Crippen LogP contribution >= 0.6 is 119 Å². The Morgan fingerprint density at radius 2 is 0.500 bits per heavy atom. The van der Waals surface area contributed by atoms with Crippen molar-refractivity contribution in [2.45, 2.75) is 0 Å². The number of carbonyl (C=O) groups excluding carboxylic acids is 7. The standard InChI is InChI=1S/C15H9BrO2.3C15H9ClO2.3C15H9IO2/c2*16-12-7-3-1-5-10(12)9-14-15(17)11-6-2-4-8-13(11)18-14;16-11-5-3-4-10(8-11)9-14-15(17)12-6-1-2-7-13(12)18-14;16-11-7-5-10(6-8-11)9-14-15(17)12-3-1-2-4-13(12)18-14;16-12-7-3-1-5-10(12)9-14-15(17)11-6-2-4-8-13(11)18-14;16-11-5-3-4-10(8-11)9-14-15(17)12-6-1-2-7-13(12)18-14;16-11-7-5-10(6-8-11)9-14-15(17)12-3-1-2-4-13(12)18-14/h7*1-9H/b7*14-9-. The number of hydrogen-bond acceptors (Lipinski definition) is 14. The maximum absolute atomic E-state index is 12.1. The second-order valence-electron chi connectivity index (χ2n) is 27.8. The summed E-state index contributed by atoms with van der Waals surface area (Å²) in [5, 5.41) is 1.89. The van der Waals surface area contributed by atoms with E-state index in [0.717, 1.165) is 54.1 Å². The number of allylic oxidation sites excluding steroid dienone is 7. The molecule has 14 aromatic carbocycles. The minimum absolute atomic E-state index is 0.0507. The molecule has 0 spiro atoms. The molecule has 0 aliphatic carbocycles. The van der Waals surface area contributed by atoms with Gasteiger partial charge >= 0.3 is 0 Å². The number of rotatable bonds is 7. The van der Waals surface area contributed by atoms with Crippen LogP contribution in [0.5, 0.6) is 40.2 Å². The van der Waals surface area contributed by atoms with Crippen molar-refractivity contribution in [3.8, 4) is 40.2 Å². The molecule has 0 saturated heterocycles. The smallest absolute Gasteiger partial charge is 0.231 e. The van der Waals surface area contributed by atoms with E-state index in [1.54, 1.807) is 140 Å². The molecule has 0 unspecified atom stereocenters. The van der Waals surface area contributed by atoms with Crippen molar-refractivity contribution in [3.05, 3.63) is 488 Å². The van der Waals surface area contributed by atoms with Gasteiger partial charge in [0.2, 0.25) is 40.5 Å². The van der Waals surface area contributed by atoms with Gasteiger partial charge in [0.05, 0.1) is 38.9 Å². The number of hydrogen-bond donors (Lipinski definition) is 0. The monoisotopic (exact) mass is 2110 g/mol. The number of ether oxygens (including phenoxy) is 7. The van der Waals surface area contributed by atoms with Gasteiger partial charge in [0.1, 0.15) is 40.2 Å². The number of carbonyl (C=O) groups is 7. The Bertz CT molecular complexity index is 6380. The number of fused-ring (bicyclic) bond motifs is 7. The van der Waals surface area contributed by atoms with Gasteiger partial charge < -0.3 is 33.2 Å². The number of ketones is 7. The van der Waals surface area contributed by atoms with Crippen LogP contribution in [0.2, 0.25) is 15.1 Å². The highest BCUT2D eigenvalue weighted by atomic mass is 127. The quantitative estimate of drug-likeness (QED) is 0.108. The molecule has 0 saturated carbocycles. The van der Waals surface area contributed by atoms with Gasteiger partial charge in [-0.2, -0.15) is 0 Å². The molecule has 14 aromatic rings. The molecule has 0 N–H and O–H groups in total. The Labute approximate surface area is 788 Å². The third-order valence-corrected chi connectivity index (χ3v) is 23.2. The fraction of sp³-hybridized carbons (Fsp3) is 0. The van der Waals surface area contributed by atoms with E-state index in [9.17, 15) is 33.6 Å². The maximum Gasteiger partial charge on any atom is 0.231 e. The summed E-state index contributed by atoms with van der Waals surface area (Å²) in [6.45, 7) is 0. The zero-order chi connectivity index (χ0) is 87.7. The lowest BCUT2D eigenvalue weighted by molar-refractivity contribution is 0.101. The summed E-state index contributed by atoms with van der Waals surface area (Å²) < 4.78 is 43.2. The fourth-order valence-electron chi connectivity index (χ4n) is 13.1. The molecular weight excluding hydrogens is 2050 g/mol. The van der Waals surface area contributed by atoms with Gasteiger partial charge in [-0.05, 0) is 301 Å². The van der Waals surface area contributed by atoms with Crippen molar-refractivity contribution in [1.82, 2.24) is 0 Å². The van der Waals surface area contributed by atoms with E-state index in [1.165, 1.54) is 0 Å². The van der Waals surface area contributed by atoms with Gasteiger partial charge in [0.15, 0.2) is 40.3 Å². The third kappa shape index (κ3) is 21.7. The highest BCUT2D eigenvalue weighted by Crippen LogP contribution is 2.39. The highest BCUT2D eigenvalue weighted by Gasteiger charge is 2.33. The molecule has 21 heteroatoms. The lowest BCUT2D eigenvalue weighted by atomic mass is 10.1. The van der Waals surface area contributed by atoms with Gasteiger partial charge in [-0.1, -0.05) is 239 Å². The average molecular weight is 2120 g/mol. The van der Waals surface area contributed by atoms with E-state index in [-0.39, 0.29) is 40.5 Å². The van der Waals surface area contributed by atoms with Crippen LogP contribution in [0.25, 0.3) is 42.5 Å². The molecule has 0 bridgehead atoms. The molecule has 616 valence electrons. The van der Waals surface area contributed by atoms with E-state index < -0.39 is 0 Å². The summed E-state index contributed by atoms with van der Waals surface area (Å²) in [6.07, 6.45) is 12.2. The lowest BCUT2D eigenvalue weighted by Crippen LogP contribution is -1.98. The van der Waals surface area contributed by atoms with E-state index >= 15 is 0 Å². The number of benzene rings is 14. The molecule has 126 heavy (non-hydrogen) atoms. The van der Waals surface area contributed by atoms with Crippen molar-refractivity contribution in [2.24, 2.45) is 0 Å². The Balaban J connectivity index is 0.000000113. The minimum Gasteiger partial charge on any atom is -0.452 e. The van der Waals surface area contributed by atoms with Gasteiger partial charge in [0.25, 0.3) is 0 Å². The van der Waals surface area contributed by atoms with Crippen molar-refractivity contribution in [1.29, 1.82) is 0 Å². The molecule has 14 nitrogen and oxygen atoms in total. The number of para-hydroxylation sites is 7. The summed E-state index contributed by atoms with van der Waals surface area (Å²) >= 11 is 27.9. The Morgan fingerprint density at radius 3 is 0.841 bits per heavy atom. The molecule has 21 rings (SSSR count). The summed E-state index contributed by atoms with van der Waals surface area (Å²) in [5.74, 6) is 6.37. The van der Waals surface area contributed by atoms with Crippen LogP contribution in [-0.2, 0) is 0 Å². The third-order valence-electron chi connectivity index (χ3n) is 19.2. The van der Waals surface area contributed by atoms with Crippen molar-refractivity contribution < 1.29 is 66.7 Å². The normalized spacial score (nSPS) is 15.6. The van der Waals surface area contributed by atoms with Gasteiger partial charge in [-0.15, -0.1) is 0 Å². The summed E-state index contributed by atoms with van der Waals surface area (Å²) in [6, 6.07) is 104. The number of Topliss-reactive ketones (excluding diaryl/α,β-unsaturated/α-hetero) is 7. The molecular formula is C105H63BrCl3I3O14. The van der Waals surface area contributed by atoms with E-state index in [1.807, 2.05) is 243 Å². The first-order chi connectivity index (χ1) is 61.2. The first kappa shape index (κ1) is 88.0. The topological polar surface area (TPSA) is 184 Å². The molecule has 7 aliphatic rings. The zero-order valence-electron chi connectivity index (χ0n) is 65.7. The van der Waals surface area contributed by atoms with Crippen LogP contribution in [-0.4, -0.2) is 40.5 Å². The van der Waals surface area contributed by atoms with E-state index in [0.29, 0.717) is 135 Å². The predicted molar refractivity (Wildman–Crippen MR) is 522 cm³/mol. The maximum atomic E-state index is 12.1. The van der Waals surface area contributed by atoms with Crippen LogP contribution in [0.1, 0.15) is 111 Å². The predicted octanol–water partition coefficient (Wildman–Crippen LogP) is 27.7. The average Bonchev–Trinajstić information content (AvgIpc) is 1.70. The molecule has 0 radical (unpaired) electrons. The van der Waals surface area contributed by atoms with E-state index in [4.69, 9.17) is 68.0 Å². The Kier molecular flexibility index (Phi) is 28.8. The SMILES string of the molecule is O=C1/C(=C/c2ccc(Cl)cc2)Oc2ccccc21.O=C1/C(=C/c2ccc(I)cc2)Oc2ccccc21.O=C1/C(=C/c2cccc(Cl)c2)Oc2ccccc21.O=C1/C(=C/c2cccc(I)c2)Oc2ccccc21.O=C1/C(=C/c2ccccc2Br)Oc2ccccc21.O=C1/C(=C/c2ccccc2Cl)Oc2ccccc21.O=C1/C(=C/c2ccccc2I)Oc2ccccc21. The lowest BCUT2D eigenvalue weighted by Gasteiger charge is -2.00. The fourth-order valence-corrected chi connectivity index (χ4v) is 15.5. The summed E-state index contributed by atoms with van der Waals surface area (Å²) in [4.78, 5) is 84.6. The van der Waals surface area contributed by atoms with Crippen molar-refractivity contribution in [3.63, 3.8) is 0 Å². The molecule has 7 aliphatic heterocycles. The molecule has 0 atom stereocenters. The molecule has 0 fully saturated rings. The molecule has 7 heterocycles. The molecule has 0 amide bonds. The van der Waals surface area contributed by atoms with Crippen LogP contribution in [0.3, 0.4) is 0 Å². The minimum atomic E-state index is -0.106. The van der Waals surface area contributed by atoms with E-state index in [2.05, 4.69) is 83.7 Å². The van der Waals surface area contributed by atoms with Crippen LogP contribution in [0.15, 0.2) is 385 Å². The second-order valence-corrected chi connectivity index (χ2v) is 33.6. The summed E-state index contributed by atoms with van der Waals surface area (Å²) in [5.41, 5.74) is 10.7. The molecule has 0 aromatic heterocycles. The van der Waals surface area contributed by atoms with Crippen LogP contribution in [0, 0.1) is 10.7 Å². The highest BCUT2D eigenvalue weighted by molar-refractivity contribution is 14.1. The van der Waals surface area contributed by atoms with Crippen LogP contribution in [0.4, 0.5) is 0 Å². The summed E-state index contributed by atoms with van der Waals surface area (Å²) in [7, 11) is 0. The zero-order valence-corrected chi connectivity index (χ0v) is 76.1.